The van der Waals surface area contributed by atoms with Crippen LogP contribution in [0.25, 0.3) is 0 Å². The lowest BCUT2D eigenvalue weighted by atomic mass is 9.88. The van der Waals surface area contributed by atoms with Crippen LogP contribution in [0, 0.1) is 0 Å². The summed E-state index contributed by atoms with van der Waals surface area (Å²) in [6, 6.07) is 0.516. The second-order valence-corrected chi connectivity index (χ2v) is 4.25. The minimum atomic E-state index is 0.309. The molecule has 0 rings (SSSR count). The van der Waals surface area contributed by atoms with Gasteiger partial charge < -0.3 is 10.4 Å². The van der Waals surface area contributed by atoms with Crippen LogP contribution in [0.4, 0.5) is 0 Å². The van der Waals surface area contributed by atoms with Crippen molar-refractivity contribution in [3.8, 4) is 0 Å². The lowest BCUT2D eigenvalue weighted by Gasteiger charge is -2.35. The molecule has 0 aromatic carbocycles. The van der Waals surface area contributed by atoms with Gasteiger partial charge in [-0.1, -0.05) is 20.8 Å². The Bertz CT molecular complexity index is 124. The Morgan fingerprint density at radius 1 is 1.14 bits per heavy atom. The minimum absolute atomic E-state index is 0.309. The first-order valence-electron chi connectivity index (χ1n) is 6.02. The average Bonchev–Trinajstić information content (AvgIpc) is 2.23. The third-order valence-electron chi connectivity index (χ3n) is 3.38. The summed E-state index contributed by atoms with van der Waals surface area (Å²) < 4.78 is 0. The summed E-state index contributed by atoms with van der Waals surface area (Å²) in [4.78, 5) is 0. The van der Waals surface area contributed by atoms with Gasteiger partial charge in [0.1, 0.15) is 0 Å². The summed E-state index contributed by atoms with van der Waals surface area (Å²) >= 11 is 0. The number of hydrogen-bond acceptors (Lipinski definition) is 2. The molecule has 86 valence electrons. The largest absolute Gasteiger partial charge is 0.396 e. The SMILES string of the molecule is CCC(CC)(CC)NC(C)CCCO. The molecule has 0 radical (unpaired) electrons. The van der Waals surface area contributed by atoms with Gasteiger partial charge in [-0.2, -0.15) is 0 Å². The Labute approximate surface area is 89.1 Å². The molecule has 2 heteroatoms. The van der Waals surface area contributed by atoms with Crippen molar-refractivity contribution in [2.24, 2.45) is 0 Å². The normalized spacial score (nSPS) is 14.4. The van der Waals surface area contributed by atoms with Gasteiger partial charge >= 0.3 is 0 Å². The van der Waals surface area contributed by atoms with Gasteiger partial charge in [0.05, 0.1) is 0 Å². The number of aliphatic hydroxyl groups is 1. The highest BCUT2D eigenvalue weighted by Gasteiger charge is 2.24. The zero-order valence-corrected chi connectivity index (χ0v) is 10.3. The smallest absolute Gasteiger partial charge is 0.0431 e. The Morgan fingerprint density at radius 2 is 1.64 bits per heavy atom. The Balaban J connectivity index is 4.01. The van der Waals surface area contributed by atoms with E-state index in [0.29, 0.717) is 18.2 Å². The molecular weight excluding hydrogens is 174 g/mol. The fourth-order valence-electron chi connectivity index (χ4n) is 2.05. The molecule has 0 aromatic rings. The number of aliphatic hydroxyl groups excluding tert-OH is 1. The second-order valence-electron chi connectivity index (χ2n) is 4.25. The topological polar surface area (TPSA) is 32.3 Å². The molecule has 0 aliphatic carbocycles. The summed E-state index contributed by atoms with van der Waals surface area (Å²) in [7, 11) is 0. The van der Waals surface area contributed by atoms with E-state index >= 15 is 0 Å². The molecule has 14 heavy (non-hydrogen) atoms. The predicted molar refractivity (Wildman–Crippen MR) is 62.5 cm³/mol. The monoisotopic (exact) mass is 201 g/mol. The highest BCUT2D eigenvalue weighted by Crippen LogP contribution is 2.20. The van der Waals surface area contributed by atoms with Crippen LogP contribution in [0.3, 0.4) is 0 Å². The van der Waals surface area contributed by atoms with Crippen LogP contribution in [-0.2, 0) is 0 Å². The van der Waals surface area contributed by atoms with Crippen LogP contribution >= 0.6 is 0 Å². The minimum Gasteiger partial charge on any atom is -0.396 e. The molecule has 0 bridgehead atoms. The van der Waals surface area contributed by atoms with Crippen LogP contribution < -0.4 is 5.32 Å². The van der Waals surface area contributed by atoms with Gasteiger partial charge in [0.25, 0.3) is 0 Å². The molecule has 2 nitrogen and oxygen atoms in total. The zero-order chi connectivity index (χ0) is 11.0. The van der Waals surface area contributed by atoms with Crippen molar-refractivity contribution in [3.05, 3.63) is 0 Å². The fourth-order valence-corrected chi connectivity index (χ4v) is 2.05. The first kappa shape index (κ1) is 13.9. The molecule has 0 fully saturated rings. The maximum Gasteiger partial charge on any atom is 0.0431 e. The number of hydrogen-bond donors (Lipinski definition) is 2. The maximum absolute atomic E-state index is 8.76. The van der Waals surface area contributed by atoms with E-state index in [1.165, 1.54) is 19.3 Å². The maximum atomic E-state index is 8.76. The quantitative estimate of drug-likeness (QED) is 0.633. The van der Waals surface area contributed by atoms with E-state index in [2.05, 4.69) is 33.0 Å². The van der Waals surface area contributed by atoms with E-state index in [-0.39, 0.29) is 0 Å². The molecular formula is C12H27NO. The van der Waals surface area contributed by atoms with E-state index in [1.54, 1.807) is 0 Å². The van der Waals surface area contributed by atoms with E-state index in [4.69, 9.17) is 5.11 Å². The van der Waals surface area contributed by atoms with Gasteiger partial charge in [0.15, 0.2) is 0 Å². The third-order valence-corrected chi connectivity index (χ3v) is 3.38. The van der Waals surface area contributed by atoms with Crippen molar-refractivity contribution >= 4 is 0 Å². The van der Waals surface area contributed by atoms with Crippen molar-refractivity contribution in [3.63, 3.8) is 0 Å². The lowest BCUT2D eigenvalue weighted by Crippen LogP contribution is -2.48. The summed E-state index contributed by atoms with van der Waals surface area (Å²) in [6.45, 7) is 9.27. The lowest BCUT2D eigenvalue weighted by molar-refractivity contribution is 0.235. The Kier molecular flexibility index (Phi) is 7.20. The predicted octanol–water partition coefficient (Wildman–Crippen LogP) is 2.71. The molecule has 1 unspecified atom stereocenters. The molecule has 0 saturated heterocycles. The van der Waals surface area contributed by atoms with Crippen molar-refractivity contribution in [2.75, 3.05) is 6.61 Å². The number of nitrogens with one attached hydrogen (secondary N) is 1. The molecule has 0 heterocycles. The van der Waals surface area contributed by atoms with Gasteiger partial charge in [-0.05, 0) is 39.0 Å². The zero-order valence-electron chi connectivity index (χ0n) is 10.3. The summed E-state index contributed by atoms with van der Waals surface area (Å²) in [5.74, 6) is 0. The van der Waals surface area contributed by atoms with Crippen LogP contribution in [0.1, 0.15) is 59.8 Å². The first-order valence-corrected chi connectivity index (χ1v) is 6.02. The van der Waals surface area contributed by atoms with Gasteiger partial charge in [-0.25, -0.2) is 0 Å². The number of rotatable bonds is 8. The molecule has 0 amide bonds. The molecule has 0 aliphatic rings. The summed E-state index contributed by atoms with van der Waals surface area (Å²) in [5.41, 5.74) is 0.314. The van der Waals surface area contributed by atoms with Gasteiger partial charge in [0, 0.05) is 18.2 Å². The highest BCUT2D eigenvalue weighted by molar-refractivity contribution is 4.86. The van der Waals surface area contributed by atoms with Crippen molar-refractivity contribution < 1.29 is 5.11 Å². The summed E-state index contributed by atoms with van der Waals surface area (Å²) in [6.07, 6.45) is 5.52. The van der Waals surface area contributed by atoms with Crippen molar-refractivity contribution in [1.82, 2.24) is 5.32 Å². The molecule has 0 spiro atoms. The first-order chi connectivity index (χ1) is 6.64. The Hall–Kier alpha value is -0.0800. The van der Waals surface area contributed by atoms with Crippen molar-refractivity contribution in [1.29, 1.82) is 0 Å². The second kappa shape index (κ2) is 7.24. The fraction of sp³-hybridized carbons (Fsp3) is 1.00. The van der Waals surface area contributed by atoms with Gasteiger partial charge in [0.2, 0.25) is 0 Å². The molecule has 0 aromatic heterocycles. The van der Waals surface area contributed by atoms with Gasteiger partial charge in [-0.15, -0.1) is 0 Å². The molecule has 1 atom stereocenters. The Morgan fingerprint density at radius 3 is 2.00 bits per heavy atom. The molecule has 0 aliphatic heterocycles. The van der Waals surface area contributed by atoms with Crippen LogP contribution in [0.15, 0.2) is 0 Å². The van der Waals surface area contributed by atoms with E-state index in [9.17, 15) is 0 Å². The molecule has 0 saturated carbocycles. The van der Waals surface area contributed by atoms with Crippen LogP contribution in [0.2, 0.25) is 0 Å². The van der Waals surface area contributed by atoms with Crippen LogP contribution in [-0.4, -0.2) is 23.3 Å². The molecule has 2 N–H and O–H groups in total. The standard InChI is InChI=1S/C12H27NO/c1-5-12(6-2,7-3)13-11(4)9-8-10-14/h11,13-14H,5-10H2,1-4H3. The third kappa shape index (κ3) is 4.43. The van der Waals surface area contributed by atoms with Gasteiger partial charge in [-0.3, -0.25) is 0 Å². The van der Waals surface area contributed by atoms with E-state index in [0.717, 1.165) is 12.8 Å². The van der Waals surface area contributed by atoms with E-state index < -0.39 is 0 Å². The average molecular weight is 201 g/mol. The highest BCUT2D eigenvalue weighted by atomic mass is 16.2. The summed E-state index contributed by atoms with van der Waals surface area (Å²) in [5, 5.41) is 12.5. The van der Waals surface area contributed by atoms with Crippen LogP contribution in [0.5, 0.6) is 0 Å². The van der Waals surface area contributed by atoms with E-state index in [1.807, 2.05) is 0 Å². The van der Waals surface area contributed by atoms with Crippen molar-refractivity contribution in [2.45, 2.75) is 71.4 Å².